The van der Waals surface area contributed by atoms with Crippen molar-refractivity contribution < 1.29 is 28.7 Å². The van der Waals surface area contributed by atoms with Gasteiger partial charge in [0.2, 0.25) is 17.8 Å². The minimum absolute atomic E-state index is 0.0940. The predicted octanol–water partition coefficient (Wildman–Crippen LogP) is 3.99. The third-order valence-electron chi connectivity index (χ3n) is 13.0. The third kappa shape index (κ3) is 8.78. The van der Waals surface area contributed by atoms with E-state index in [1.807, 2.05) is 44.2 Å². The number of hydrogen-bond donors (Lipinski definition) is 3. The van der Waals surface area contributed by atoms with Crippen LogP contribution in [0.1, 0.15) is 74.3 Å². The standard InChI is InChI=1S/C45H53ClN10O7/c1-26(2)56-36-7-4-29(18-27(36)20-38(44(56)61)62-25-40(58)47-3)49-41-35(46)23-48-45(51-41)54-12-10-32(11-13-54)63-33-21-31(22-33)53-16-14-52(15-17-53)30-5-6-34-28(19-30)24-55(43(34)60)37-8-9-39(57)50-42(37)59/h4-7,18-20,23,26,31-33,37H,8-17,21-22,24-25H2,1-3H3,(H,47,58)(H,48,49,51)(H,50,57,59)/t31-,33-,37?. The smallest absolute Gasteiger partial charge is 0.293 e. The fourth-order valence-corrected chi connectivity index (χ4v) is 9.62. The third-order valence-corrected chi connectivity index (χ3v) is 13.3. The van der Waals surface area contributed by atoms with Gasteiger partial charge in [0, 0.05) is 93.7 Å². The molecule has 3 saturated heterocycles. The van der Waals surface area contributed by atoms with Gasteiger partial charge in [-0.05, 0) is 94.0 Å². The summed E-state index contributed by atoms with van der Waals surface area (Å²) >= 11 is 6.60. The van der Waals surface area contributed by atoms with Crippen LogP contribution in [0, 0.1) is 0 Å². The van der Waals surface area contributed by atoms with Crippen LogP contribution >= 0.6 is 11.6 Å². The summed E-state index contributed by atoms with van der Waals surface area (Å²) in [5, 5.41) is 9.34. The lowest BCUT2D eigenvalue weighted by molar-refractivity contribution is -0.137. The lowest BCUT2D eigenvalue weighted by Gasteiger charge is -2.47. The molecule has 2 aromatic heterocycles. The highest BCUT2D eigenvalue weighted by Crippen LogP contribution is 2.35. The number of fused-ring (bicyclic) bond motifs is 2. The fourth-order valence-electron chi connectivity index (χ4n) is 9.48. The van der Waals surface area contributed by atoms with E-state index in [0.29, 0.717) is 47.0 Å². The van der Waals surface area contributed by atoms with Gasteiger partial charge >= 0.3 is 0 Å². The largest absolute Gasteiger partial charge is 0.478 e. The van der Waals surface area contributed by atoms with Crippen LogP contribution in [0.15, 0.2) is 53.5 Å². The summed E-state index contributed by atoms with van der Waals surface area (Å²) in [5.74, 6) is -0.00374. The van der Waals surface area contributed by atoms with E-state index in [4.69, 9.17) is 26.1 Å². The van der Waals surface area contributed by atoms with Crippen LogP contribution in [-0.4, -0.2) is 125 Å². The number of likely N-dealkylation sites (N-methyl/N-ethyl adjacent to an activating group) is 1. The van der Waals surface area contributed by atoms with Crippen LogP contribution in [-0.2, 0) is 25.7 Å². The molecule has 1 atom stereocenters. The van der Waals surface area contributed by atoms with Gasteiger partial charge in [-0.15, -0.1) is 0 Å². The molecule has 0 radical (unpaired) electrons. The second-order valence-corrected chi connectivity index (χ2v) is 17.7. The van der Waals surface area contributed by atoms with E-state index in [1.165, 1.54) is 7.05 Å². The Hall–Kier alpha value is -5.78. The van der Waals surface area contributed by atoms with Crippen LogP contribution in [0.2, 0.25) is 5.02 Å². The molecule has 3 N–H and O–H groups in total. The molecule has 17 nitrogen and oxygen atoms in total. The number of nitrogens with zero attached hydrogens (tertiary/aromatic N) is 7. The minimum atomic E-state index is -0.611. The monoisotopic (exact) mass is 880 g/mol. The first kappa shape index (κ1) is 42.5. The number of halogens is 1. The van der Waals surface area contributed by atoms with Crippen molar-refractivity contribution >= 4 is 69.3 Å². The molecule has 9 rings (SSSR count). The average molecular weight is 881 g/mol. The number of piperazine rings is 1. The number of carbonyl (C=O) groups is 4. The summed E-state index contributed by atoms with van der Waals surface area (Å²) in [6.07, 6.45) is 6.45. The Kier molecular flexibility index (Phi) is 12.0. The van der Waals surface area contributed by atoms with Gasteiger partial charge in [0.1, 0.15) is 11.1 Å². The number of anilines is 4. The van der Waals surface area contributed by atoms with E-state index in [1.54, 1.807) is 21.7 Å². The Morgan fingerprint density at radius 2 is 1.71 bits per heavy atom. The molecule has 18 heteroatoms. The molecule has 0 spiro atoms. The molecule has 4 fully saturated rings. The highest BCUT2D eigenvalue weighted by atomic mass is 35.5. The molecule has 4 amide bonds. The normalized spacial score (nSPS) is 22.0. The number of hydrogen-bond acceptors (Lipinski definition) is 13. The summed E-state index contributed by atoms with van der Waals surface area (Å²) in [6, 6.07) is 13.0. The van der Waals surface area contributed by atoms with Gasteiger partial charge in [0.25, 0.3) is 17.4 Å². The van der Waals surface area contributed by atoms with E-state index >= 15 is 0 Å². The number of amides is 4. The van der Waals surface area contributed by atoms with Crippen molar-refractivity contribution in [2.45, 2.75) is 89.3 Å². The zero-order valence-electron chi connectivity index (χ0n) is 35.8. The van der Waals surface area contributed by atoms with Crippen LogP contribution < -0.4 is 36.0 Å². The Balaban J connectivity index is 0.739. The molecular weight excluding hydrogens is 828 g/mol. The molecule has 4 aromatic rings. The van der Waals surface area contributed by atoms with Crippen molar-refractivity contribution in [3.63, 3.8) is 0 Å². The molecule has 1 unspecified atom stereocenters. The second kappa shape index (κ2) is 17.8. The molecule has 332 valence electrons. The Labute approximate surface area is 370 Å². The van der Waals surface area contributed by atoms with Gasteiger partial charge in [-0.2, -0.15) is 4.98 Å². The maximum absolute atomic E-state index is 13.2. The van der Waals surface area contributed by atoms with Crippen LogP contribution in [0.3, 0.4) is 0 Å². The Bertz CT molecular complexity index is 2490. The quantitative estimate of drug-likeness (QED) is 0.174. The lowest BCUT2D eigenvalue weighted by Crippen LogP contribution is -2.56. The van der Waals surface area contributed by atoms with Crippen molar-refractivity contribution in [1.82, 2.24) is 35.0 Å². The van der Waals surface area contributed by atoms with Gasteiger partial charge < -0.3 is 39.4 Å². The SMILES string of the molecule is CNC(=O)COc1cc2cc(Nc3nc(N4CCC(O[C@H]5C[C@H](N6CCN(c7ccc8c(c7)CN(C7CCC(=O)NC7=O)C8=O)CC6)C5)CC4)ncc3Cl)ccc2n(C(C)C)c1=O. The molecular formula is C45H53ClN10O7. The maximum Gasteiger partial charge on any atom is 0.293 e. The zero-order chi connectivity index (χ0) is 43.9. The number of piperidine rings is 2. The van der Waals surface area contributed by atoms with Crippen molar-refractivity contribution in [2.75, 3.05) is 68.0 Å². The zero-order valence-corrected chi connectivity index (χ0v) is 36.5. The molecule has 4 aliphatic heterocycles. The highest BCUT2D eigenvalue weighted by Gasteiger charge is 2.40. The van der Waals surface area contributed by atoms with Crippen molar-refractivity contribution in [3.8, 4) is 5.75 Å². The number of rotatable bonds is 12. The summed E-state index contributed by atoms with van der Waals surface area (Å²) in [7, 11) is 1.51. The second-order valence-electron chi connectivity index (χ2n) is 17.3. The number of imide groups is 1. The Morgan fingerprint density at radius 3 is 2.44 bits per heavy atom. The number of benzene rings is 2. The van der Waals surface area contributed by atoms with Crippen LogP contribution in [0.4, 0.5) is 23.1 Å². The molecule has 0 bridgehead atoms. The predicted molar refractivity (Wildman–Crippen MR) is 238 cm³/mol. The topological polar surface area (TPSA) is 184 Å². The molecule has 1 saturated carbocycles. The first-order chi connectivity index (χ1) is 30.4. The number of aromatic nitrogens is 3. The number of nitrogens with one attached hydrogen (secondary N) is 3. The number of pyridine rings is 1. The number of ether oxygens (including phenoxy) is 2. The van der Waals surface area contributed by atoms with Gasteiger partial charge in [0.05, 0.1) is 23.9 Å². The molecule has 63 heavy (non-hydrogen) atoms. The molecule has 5 aliphatic rings. The van der Waals surface area contributed by atoms with Crippen LogP contribution in [0.25, 0.3) is 10.9 Å². The molecule has 6 heterocycles. The van der Waals surface area contributed by atoms with E-state index in [0.717, 1.165) is 87.1 Å². The van der Waals surface area contributed by atoms with Gasteiger partial charge in [0.15, 0.2) is 18.2 Å². The minimum Gasteiger partial charge on any atom is -0.478 e. The summed E-state index contributed by atoms with van der Waals surface area (Å²) in [6.45, 7) is 9.21. The van der Waals surface area contributed by atoms with Crippen molar-refractivity contribution in [3.05, 3.63) is 75.2 Å². The maximum atomic E-state index is 13.2. The van der Waals surface area contributed by atoms with E-state index in [2.05, 4.69) is 41.7 Å². The first-order valence-corrected chi connectivity index (χ1v) is 22.3. The Morgan fingerprint density at radius 1 is 0.937 bits per heavy atom. The van der Waals surface area contributed by atoms with Crippen LogP contribution in [0.5, 0.6) is 5.75 Å². The first-order valence-electron chi connectivity index (χ1n) is 21.9. The van der Waals surface area contributed by atoms with Gasteiger partial charge in [-0.25, -0.2) is 4.98 Å². The van der Waals surface area contributed by atoms with Gasteiger partial charge in [-0.1, -0.05) is 11.6 Å². The molecule has 2 aromatic carbocycles. The van der Waals surface area contributed by atoms with Crippen molar-refractivity contribution in [2.24, 2.45) is 0 Å². The molecule has 1 aliphatic carbocycles. The summed E-state index contributed by atoms with van der Waals surface area (Å²) in [5.41, 5.74) is 3.81. The summed E-state index contributed by atoms with van der Waals surface area (Å²) < 4.78 is 13.9. The fraction of sp³-hybridized carbons (Fsp3) is 0.489. The van der Waals surface area contributed by atoms with E-state index < -0.39 is 11.9 Å². The number of carbonyl (C=O) groups excluding carboxylic acids is 4. The van der Waals surface area contributed by atoms with Crippen molar-refractivity contribution in [1.29, 1.82) is 0 Å². The summed E-state index contributed by atoms with van der Waals surface area (Å²) in [4.78, 5) is 80.4. The average Bonchev–Trinajstić information content (AvgIpc) is 3.59. The van der Waals surface area contributed by atoms with Gasteiger partial charge in [-0.3, -0.25) is 34.2 Å². The lowest BCUT2D eigenvalue weighted by atomic mass is 9.87. The van der Waals surface area contributed by atoms with E-state index in [9.17, 15) is 24.0 Å². The van der Waals surface area contributed by atoms with E-state index in [-0.39, 0.29) is 60.3 Å². The highest BCUT2D eigenvalue weighted by molar-refractivity contribution is 6.33.